The highest BCUT2D eigenvalue weighted by Gasteiger charge is 2.18. The molecule has 2 unspecified atom stereocenters. The van der Waals surface area contributed by atoms with Crippen molar-refractivity contribution in [1.82, 2.24) is 20.4 Å². The number of amides is 1. The second-order valence-electron chi connectivity index (χ2n) is 5.31. The van der Waals surface area contributed by atoms with Gasteiger partial charge in [0.2, 0.25) is 5.91 Å². The van der Waals surface area contributed by atoms with Crippen molar-refractivity contribution in [2.75, 3.05) is 13.6 Å². The molecule has 0 aliphatic heterocycles. The Kier molecular flexibility index (Phi) is 5.54. The SMILES string of the molecule is CNC(C)CNC(=O)C(C)Cc1c(C)nn(C)c1C. The lowest BCUT2D eigenvalue weighted by Gasteiger charge is -2.15. The maximum Gasteiger partial charge on any atom is 0.223 e. The third kappa shape index (κ3) is 4.06. The van der Waals surface area contributed by atoms with Gasteiger partial charge in [0.1, 0.15) is 0 Å². The summed E-state index contributed by atoms with van der Waals surface area (Å²) < 4.78 is 1.87. The fraction of sp³-hybridized carbons (Fsp3) is 0.714. The van der Waals surface area contributed by atoms with Gasteiger partial charge < -0.3 is 10.6 Å². The molecule has 0 spiro atoms. The van der Waals surface area contributed by atoms with Crippen molar-refractivity contribution in [3.63, 3.8) is 0 Å². The number of rotatable bonds is 6. The standard InChI is InChI=1S/C14H26N4O/c1-9(14(19)16-8-10(2)15-5)7-13-11(3)17-18(6)12(13)4/h9-10,15H,7-8H2,1-6H3,(H,16,19). The highest BCUT2D eigenvalue weighted by Crippen LogP contribution is 2.16. The Morgan fingerprint density at radius 1 is 1.37 bits per heavy atom. The molecule has 0 aromatic carbocycles. The zero-order valence-electron chi connectivity index (χ0n) is 12.9. The number of carbonyl (C=O) groups is 1. The van der Waals surface area contributed by atoms with Crippen LogP contribution in [-0.4, -0.2) is 35.3 Å². The number of carbonyl (C=O) groups excluding carboxylic acids is 1. The molecule has 108 valence electrons. The summed E-state index contributed by atoms with van der Waals surface area (Å²) in [5.74, 6) is 0.0652. The van der Waals surface area contributed by atoms with Crippen LogP contribution in [-0.2, 0) is 18.3 Å². The van der Waals surface area contributed by atoms with Gasteiger partial charge in [0.15, 0.2) is 0 Å². The number of aromatic nitrogens is 2. The molecule has 1 heterocycles. The molecule has 0 fully saturated rings. The molecule has 5 heteroatoms. The number of nitrogens with zero attached hydrogens (tertiary/aromatic N) is 2. The molecule has 2 N–H and O–H groups in total. The molecule has 0 aliphatic rings. The van der Waals surface area contributed by atoms with E-state index in [-0.39, 0.29) is 17.9 Å². The molecule has 1 amide bonds. The normalized spacial score (nSPS) is 14.2. The molecule has 0 saturated carbocycles. The Morgan fingerprint density at radius 3 is 2.47 bits per heavy atom. The summed E-state index contributed by atoms with van der Waals surface area (Å²) in [5.41, 5.74) is 3.34. The Hall–Kier alpha value is -1.36. The van der Waals surface area contributed by atoms with Gasteiger partial charge in [0.05, 0.1) is 5.69 Å². The number of hydrogen-bond donors (Lipinski definition) is 2. The predicted octanol–water partition coefficient (Wildman–Crippen LogP) is 0.940. The van der Waals surface area contributed by atoms with Crippen LogP contribution in [0.25, 0.3) is 0 Å². The average molecular weight is 266 g/mol. The van der Waals surface area contributed by atoms with Gasteiger partial charge in [-0.1, -0.05) is 6.92 Å². The fourth-order valence-electron chi connectivity index (χ4n) is 2.04. The van der Waals surface area contributed by atoms with E-state index in [9.17, 15) is 4.79 Å². The smallest absolute Gasteiger partial charge is 0.223 e. The highest BCUT2D eigenvalue weighted by molar-refractivity contribution is 5.78. The summed E-state index contributed by atoms with van der Waals surface area (Å²) in [4.78, 5) is 12.0. The van der Waals surface area contributed by atoms with Gasteiger partial charge in [-0.3, -0.25) is 9.48 Å². The number of aryl methyl sites for hydroxylation is 2. The second kappa shape index (κ2) is 6.70. The Balaban J connectivity index is 2.59. The molecule has 1 aromatic heterocycles. The molecule has 1 aromatic rings. The minimum absolute atomic E-state index is 0.0364. The van der Waals surface area contributed by atoms with Crippen LogP contribution in [0.4, 0.5) is 0 Å². The van der Waals surface area contributed by atoms with Crippen molar-refractivity contribution >= 4 is 5.91 Å². The molecular formula is C14H26N4O. The number of nitrogens with one attached hydrogen (secondary N) is 2. The first-order valence-corrected chi connectivity index (χ1v) is 6.80. The van der Waals surface area contributed by atoms with Crippen LogP contribution in [0, 0.1) is 19.8 Å². The molecule has 0 radical (unpaired) electrons. The molecule has 0 aliphatic carbocycles. The topological polar surface area (TPSA) is 58.9 Å². The van der Waals surface area contributed by atoms with Gasteiger partial charge in [-0.15, -0.1) is 0 Å². The van der Waals surface area contributed by atoms with E-state index < -0.39 is 0 Å². The molecule has 2 atom stereocenters. The van der Waals surface area contributed by atoms with Crippen LogP contribution in [0.15, 0.2) is 0 Å². The summed E-state index contributed by atoms with van der Waals surface area (Å²) in [7, 11) is 3.83. The quantitative estimate of drug-likeness (QED) is 0.805. The monoisotopic (exact) mass is 266 g/mol. The first-order chi connectivity index (χ1) is 8.86. The highest BCUT2D eigenvalue weighted by atomic mass is 16.1. The average Bonchev–Trinajstić information content (AvgIpc) is 2.61. The molecule has 0 bridgehead atoms. The fourth-order valence-corrected chi connectivity index (χ4v) is 2.04. The van der Waals surface area contributed by atoms with Crippen molar-refractivity contribution < 1.29 is 4.79 Å². The van der Waals surface area contributed by atoms with E-state index in [1.165, 1.54) is 5.56 Å². The molecule has 1 rings (SSSR count). The van der Waals surface area contributed by atoms with E-state index in [1.54, 1.807) is 0 Å². The van der Waals surface area contributed by atoms with Gasteiger partial charge in [-0.2, -0.15) is 5.10 Å². The van der Waals surface area contributed by atoms with Crippen LogP contribution in [0.3, 0.4) is 0 Å². The number of likely N-dealkylation sites (N-methyl/N-ethyl adjacent to an activating group) is 1. The zero-order chi connectivity index (χ0) is 14.6. The first-order valence-electron chi connectivity index (χ1n) is 6.80. The minimum atomic E-state index is -0.0364. The lowest BCUT2D eigenvalue weighted by Crippen LogP contribution is -2.39. The van der Waals surface area contributed by atoms with Crippen LogP contribution in [0.5, 0.6) is 0 Å². The van der Waals surface area contributed by atoms with E-state index in [0.29, 0.717) is 6.54 Å². The van der Waals surface area contributed by atoms with E-state index in [0.717, 1.165) is 17.8 Å². The van der Waals surface area contributed by atoms with Crippen LogP contribution < -0.4 is 10.6 Å². The molecular weight excluding hydrogens is 240 g/mol. The minimum Gasteiger partial charge on any atom is -0.354 e. The van der Waals surface area contributed by atoms with E-state index in [4.69, 9.17) is 0 Å². The van der Waals surface area contributed by atoms with Gasteiger partial charge in [0, 0.05) is 31.2 Å². The predicted molar refractivity (Wildman–Crippen MR) is 77.1 cm³/mol. The van der Waals surface area contributed by atoms with Crippen molar-refractivity contribution in [3.8, 4) is 0 Å². The van der Waals surface area contributed by atoms with Crippen molar-refractivity contribution in [1.29, 1.82) is 0 Å². The maximum atomic E-state index is 12.0. The summed E-state index contributed by atoms with van der Waals surface area (Å²) in [6.07, 6.45) is 0.741. The Morgan fingerprint density at radius 2 is 2.00 bits per heavy atom. The maximum absolute atomic E-state index is 12.0. The van der Waals surface area contributed by atoms with Crippen LogP contribution >= 0.6 is 0 Å². The summed E-state index contributed by atoms with van der Waals surface area (Å²) in [5, 5.41) is 10.5. The zero-order valence-corrected chi connectivity index (χ0v) is 12.9. The van der Waals surface area contributed by atoms with Crippen LogP contribution in [0.1, 0.15) is 30.8 Å². The molecule has 19 heavy (non-hydrogen) atoms. The van der Waals surface area contributed by atoms with Gasteiger partial charge >= 0.3 is 0 Å². The number of hydrogen-bond acceptors (Lipinski definition) is 3. The third-order valence-corrected chi connectivity index (χ3v) is 3.69. The lowest BCUT2D eigenvalue weighted by molar-refractivity contribution is -0.124. The second-order valence-corrected chi connectivity index (χ2v) is 5.31. The van der Waals surface area contributed by atoms with E-state index in [2.05, 4.69) is 15.7 Å². The lowest BCUT2D eigenvalue weighted by atomic mass is 9.99. The van der Waals surface area contributed by atoms with E-state index in [1.807, 2.05) is 46.5 Å². The Bertz CT molecular complexity index is 439. The van der Waals surface area contributed by atoms with Gasteiger partial charge in [0.25, 0.3) is 0 Å². The summed E-state index contributed by atoms with van der Waals surface area (Å²) >= 11 is 0. The van der Waals surface area contributed by atoms with E-state index >= 15 is 0 Å². The van der Waals surface area contributed by atoms with Crippen molar-refractivity contribution in [2.24, 2.45) is 13.0 Å². The van der Waals surface area contributed by atoms with Crippen molar-refractivity contribution in [2.45, 2.75) is 40.2 Å². The van der Waals surface area contributed by atoms with Crippen LogP contribution in [0.2, 0.25) is 0 Å². The summed E-state index contributed by atoms with van der Waals surface area (Å²) in [6.45, 7) is 8.70. The van der Waals surface area contributed by atoms with Gasteiger partial charge in [-0.05, 0) is 39.8 Å². The molecule has 5 nitrogen and oxygen atoms in total. The first kappa shape index (κ1) is 15.7. The largest absolute Gasteiger partial charge is 0.354 e. The van der Waals surface area contributed by atoms with Crippen molar-refractivity contribution in [3.05, 3.63) is 17.0 Å². The Labute approximate surface area is 115 Å². The summed E-state index contributed by atoms with van der Waals surface area (Å²) in [6, 6.07) is 0.290. The molecule has 0 saturated heterocycles. The third-order valence-electron chi connectivity index (χ3n) is 3.69. The van der Waals surface area contributed by atoms with Gasteiger partial charge in [-0.25, -0.2) is 0 Å².